The molecule has 0 fully saturated rings. The van der Waals surface area contributed by atoms with Crippen molar-refractivity contribution in [2.45, 2.75) is 0 Å². The second-order valence-electron chi connectivity index (χ2n) is 3.69. The minimum atomic E-state index is 0.613. The molecule has 0 aliphatic rings. The van der Waals surface area contributed by atoms with Crippen LogP contribution in [0.1, 0.15) is 0 Å². The molecule has 17 heavy (non-hydrogen) atoms. The summed E-state index contributed by atoms with van der Waals surface area (Å²) in [6, 6.07) is 11.6. The van der Waals surface area contributed by atoms with Crippen LogP contribution in [0.5, 0.6) is 0 Å². The molecule has 3 heterocycles. The first-order chi connectivity index (χ1) is 8.29. The van der Waals surface area contributed by atoms with E-state index in [1.165, 1.54) is 0 Å². The van der Waals surface area contributed by atoms with Gasteiger partial charge in [0.1, 0.15) is 5.02 Å². The Balaban J connectivity index is 2.38. The van der Waals surface area contributed by atoms with Gasteiger partial charge in [-0.1, -0.05) is 35.3 Å². The van der Waals surface area contributed by atoms with Gasteiger partial charge in [-0.25, -0.2) is 0 Å². The summed E-state index contributed by atoms with van der Waals surface area (Å²) in [5.41, 5.74) is 1.71. The van der Waals surface area contributed by atoms with E-state index in [1.807, 2.05) is 64.0 Å². The second kappa shape index (κ2) is 4.06. The number of hydrogen-bond donors (Lipinski definition) is 0. The third kappa shape index (κ3) is 1.61. The van der Waals surface area contributed by atoms with Crippen LogP contribution in [0.2, 0.25) is 10.2 Å². The lowest BCUT2D eigenvalue weighted by Gasteiger charge is -1.93. The highest BCUT2D eigenvalue weighted by atomic mass is 35.5. The number of aromatic nitrogens is 2. The SMILES string of the molecule is Clc1c(-[n+]2ccccc2)c(Cl)n2ccccc12. The fourth-order valence-electron chi connectivity index (χ4n) is 1.89. The van der Waals surface area contributed by atoms with Crippen LogP contribution in [0.15, 0.2) is 55.0 Å². The normalized spacial score (nSPS) is 10.9. The number of halogens is 2. The Morgan fingerprint density at radius 3 is 2.41 bits per heavy atom. The molecule has 0 aliphatic carbocycles. The monoisotopic (exact) mass is 263 g/mol. The van der Waals surface area contributed by atoms with E-state index in [1.54, 1.807) is 0 Å². The van der Waals surface area contributed by atoms with Gasteiger partial charge in [-0.15, -0.1) is 0 Å². The molecular weight excluding hydrogens is 255 g/mol. The Bertz CT molecular complexity index is 635. The smallest absolute Gasteiger partial charge is 0.267 e. The molecule has 3 aromatic rings. The van der Waals surface area contributed by atoms with E-state index < -0.39 is 0 Å². The van der Waals surface area contributed by atoms with Gasteiger partial charge in [-0.3, -0.25) is 0 Å². The average Bonchev–Trinajstić information content (AvgIpc) is 2.64. The Hall–Kier alpha value is -1.51. The highest BCUT2D eigenvalue weighted by molar-refractivity contribution is 6.40. The summed E-state index contributed by atoms with van der Waals surface area (Å²) in [5, 5.41) is 1.27. The van der Waals surface area contributed by atoms with Gasteiger partial charge in [0.25, 0.3) is 5.69 Å². The van der Waals surface area contributed by atoms with Crippen LogP contribution in [0.25, 0.3) is 11.2 Å². The molecule has 3 rings (SSSR count). The topological polar surface area (TPSA) is 8.29 Å². The van der Waals surface area contributed by atoms with E-state index in [9.17, 15) is 0 Å². The van der Waals surface area contributed by atoms with Crippen LogP contribution in [-0.2, 0) is 0 Å². The average molecular weight is 264 g/mol. The molecule has 0 amide bonds. The zero-order valence-corrected chi connectivity index (χ0v) is 10.4. The summed E-state index contributed by atoms with van der Waals surface area (Å²) in [5.74, 6) is 0. The summed E-state index contributed by atoms with van der Waals surface area (Å²) in [6.07, 6.45) is 5.75. The highest BCUT2D eigenvalue weighted by Gasteiger charge is 2.22. The third-order valence-corrected chi connectivity index (χ3v) is 3.41. The maximum Gasteiger partial charge on any atom is 0.267 e. The first-order valence-corrected chi connectivity index (χ1v) is 5.95. The van der Waals surface area contributed by atoms with Crippen molar-refractivity contribution in [3.8, 4) is 5.69 Å². The van der Waals surface area contributed by atoms with Crippen molar-refractivity contribution in [2.75, 3.05) is 0 Å². The Kier molecular flexibility index (Phi) is 2.54. The van der Waals surface area contributed by atoms with Crippen molar-refractivity contribution in [1.82, 2.24) is 4.40 Å². The molecule has 0 atom stereocenters. The standard InChI is InChI=1S/C13H9Cl2N2/c14-11-10-6-2-5-9-17(10)13(15)12(11)16-7-3-1-4-8-16/h1-9H/q+1. The minimum Gasteiger partial charge on any atom is -0.300 e. The van der Waals surface area contributed by atoms with E-state index >= 15 is 0 Å². The molecule has 0 unspecified atom stereocenters. The van der Waals surface area contributed by atoms with Gasteiger partial charge < -0.3 is 4.40 Å². The minimum absolute atomic E-state index is 0.613. The predicted octanol–water partition coefficient (Wildman–Crippen LogP) is 3.52. The van der Waals surface area contributed by atoms with Gasteiger partial charge in [0.2, 0.25) is 0 Å². The molecule has 3 aromatic heterocycles. The number of fused-ring (bicyclic) bond motifs is 1. The molecule has 0 N–H and O–H groups in total. The summed E-state index contributed by atoms with van der Waals surface area (Å²) < 4.78 is 3.79. The van der Waals surface area contributed by atoms with Crippen molar-refractivity contribution < 1.29 is 4.57 Å². The Morgan fingerprint density at radius 2 is 1.71 bits per heavy atom. The van der Waals surface area contributed by atoms with Crippen LogP contribution >= 0.6 is 23.2 Å². The van der Waals surface area contributed by atoms with Gasteiger partial charge in [0, 0.05) is 18.3 Å². The van der Waals surface area contributed by atoms with E-state index in [4.69, 9.17) is 23.2 Å². The van der Waals surface area contributed by atoms with E-state index in [2.05, 4.69) is 0 Å². The molecule has 0 aliphatic heterocycles. The van der Waals surface area contributed by atoms with Gasteiger partial charge in [-0.05, 0) is 12.1 Å². The highest BCUT2D eigenvalue weighted by Crippen LogP contribution is 2.31. The summed E-state index contributed by atoms with van der Waals surface area (Å²) in [7, 11) is 0. The fraction of sp³-hybridized carbons (Fsp3) is 0. The van der Waals surface area contributed by atoms with Crippen molar-refractivity contribution >= 4 is 28.7 Å². The molecule has 0 bridgehead atoms. The maximum absolute atomic E-state index is 6.37. The van der Waals surface area contributed by atoms with E-state index in [0.29, 0.717) is 10.2 Å². The number of pyridine rings is 2. The lowest BCUT2D eigenvalue weighted by Crippen LogP contribution is -2.29. The molecule has 4 heteroatoms. The van der Waals surface area contributed by atoms with Crippen molar-refractivity contribution in [1.29, 1.82) is 0 Å². The Morgan fingerprint density at radius 1 is 0.941 bits per heavy atom. The largest absolute Gasteiger partial charge is 0.300 e. The molecule has 0 saturated carbocycles. The molecule has 0 aromatic carbocycles. The third-order valence-electron chi connectivity index (χ3n) is 2.67. The van der Waals surface area contributed by atoms with E-state index in [0.717, 1.165) is 11.2 Å². The number of nitrogens with zero attached hydrogens (tertiary/aromatic N) is 2. The lowest BCUT2D eigenvalue weighted by atomic mass is 10.4. The molecular formula is C13H9Cl2N2+. The Labute approximate surface area is 109 Å². The van der Waals surface area contributed by atoms with Crippen LogP contribution in [-0.4, -0.2) is 4.40 Å². The van der Waals surface area contributed by atoms with Crippen LogP contribution in [0.4, 0.5) is 0 Å². The lowest BCUT2D eigenvalue weighted by molar-refractivity contribution is -0.595. The molecule has 2 nitrogen and oxygen atoms in total. The zero-order valence-electron chi connectivity index (χ0n) is 8.85. The van der Waals surface area contributed by atoms with Gasteiger partial charge in [0.05, 0.1) is 5.52 Å². The second-order valence-corrected chi connectivity index (χ2v) is 4.43. The zero-order chi connectivity index (χ0) is 11.8. The summed E-state index contributed by atoms with van der Waals surface area (Å²) in [6.45, 7) is 0. The molecule has 0 saturated heterocycles. The maximum atomic E-state index is 6.37. The predicted molar refractivity (Wildman–Crippen MR) is 68.9 cm³/mol. The van der Waals surface area contributed by atoms with Crippen LogP contribution in [0, 0.1) is 0 Å². The van der Waals surface area contributed by atoms with E-state index in [-0.39, 0.29) is 0 Å². The van der Waals surface area contributed by atoms with Gasteiger partial charge in [0.15, 0.2) is 17.5 Å². The fourth-order valence-corrected chi connectivity index (χ4v) is 2.62. The molecule has 84 valence electrons. The summed E-state index contributed by atoms with van der Waals surface area (Å²) in [4.78, 5) is 0. The van der Waals surface area contributed by atoms with Crippen molar-refractivity contribution in [3.63, 3.8) is 0 Å². The van der Waals surface area contributed by atoms with Crippen LogP contribution < -0.4 is 4.57 Å². The van der Waals surface area contributed by atoms with Gasteiger partial charge in [-0.2, -0.15) is 4.57 Å². The van der Waals surface area contributed by atoms with Crippen molar-refractivity contribution in [3.05, 3.63) is 65.2 Å². The first-order valence-electron chi connectivity index (χ1n) is 5.20. The number of hydrogen-bond acceptors (Lipinski definition) is 0. The quantitative estimate of drug-likeness (QED) is 0.594. The van der Waals surface area contributed by atoms with Crippen molar-refractivity contribution in [2.24, 2.45) is 0 Å². The first kappa shape index (κ1) is 10.6. The summed E-state index contributed by atoms with van der Waals surface area (Å²) >= 11 is 12.7. The van der Waals surface area contributed by atoms with Gasteiger partial charge >= 0.3 is 0 Å². The van der Waals surface area contributed by atoms with Crippen LogP contribution in [0.3, 0.4) is 0 Å². The molecule has 0 radical (unpaired) electrons. The number of rotatable bonds is 1. The molecule has 0 spiro atoms.